The van der Waals surface area contributed by atoms with Crippen LogP contribution in [-0.4, -0.2) is 25.1 Å². The molecule has 0 saturated heterocycles. The summed E-state index contributed by atoms with van der Waals surface area (Å²) in [7, 11) is 1.71. The van der Waals surface area contributed by atoms with Crippen LogP contribution in [0.15, 0.2) is 42.5 Å². The third-order valence-corrected chi connectivity index (χ3v) is 6.14. The molecule has 2 aliphatic rings. The summed E-state index contributed by atoms with van der Waals surface area (Å²) in [6.45, 7) is 2.22. The number of benzene rings is 2. The zero-order valence-electron chi connectivity index (χ0n) is 17.2. The maximum atomic E-state index is 13.1. The molecular formula is C24H30F2N2O. The van der Waals surface area contributed by atoms with Crippen LogP contribution in [0.3, 0.4) is 0 Å². The van der Waals surface area contributed by atoms with Crippen LogP contribution in [0.4, 0.5) is 14.5 Å². The third kappa shape index (κ3) is 4.55. The molecule has 1 fully saturated rings. The fourth-order valence-electron chi connectivity index (χ4n) is 4.50. The van der Waals surface area contributed by atoms with Crippen LogP contribution in [0.5, 0.6) is 5.75 Å². The van der Waals surface area contributed by atoms with E-state index < -0.39 is 5.92 Å². The zero-order chi connectivity index (χ0) is 20.4. The van der Waals surface area contributed by atoms with Gasteiger partial charge in [-0.15, -0.1) is 0 Å². The molecule has 2 N–H and O–H groups in total. The van der Waals surface area contributed by atoms with Crippen molar-refractivity contribution in [3.8, 4) is 5.75 Å². The lowest BCUT2D eigenvalue weighted by Gasteiger charge is -2.36. The van der Waals surface area contributed by atoms with Gasteiger partial charge in [-0.3, -0.25) is 0 Å². The molecule has 0 aromatic heterocycles. The van der Waals surface area contributed by atoms with Gasteiger partial charge in [-0.05, 0) is 53.8 Å². The van der Waals surface area contributed by atoms with E-state index in [2.05, 4.69) is 41.8 Å². The van der Waals surface area contributed by atoms with Gasteiger partial charge in [0.2, 0.25) is 0 Å². The lowest BCUT2D eigenvalue weighted by molar-refractivity contribution is -0.0793. The Morgan fingerprint density at radius 3 is 2.55 bits per heavy atom. The molecule has 3 nitrogen and oxygen atoms in total. The van der Waals surface area contributed by atoms with Gasteiger partial charge in [-0.2, -0.15) is 0 Å². The van der Waals surface area contributed by atoms with Crippen LogP contribution >= 0.6 is 0 Å². The molecule has 1 aliphatic heterocycles. The lowest BCUT2D eigenvalue weighted by atomic mass is 9.85. The van der Waals surface area contributed by atoms with Crippen LogP contribution in [0.1, 0.15) is 61.8 Å². The number of unbranched alkanes of at least 4 members (excludes halogenated alkanes) is 1. The Bertz CT molecular complexity index is 829. The fourth-order valence-corrected chi connectivity index (χ4v) is 4.50. The molecule has 1 aliphatic carbocycles. The minimum absolute atomic E-state index is 0.0761. The Labute approximate surface area is 171 Å². The molecule has 1 saturated carbocycles. The van der Waals surface area contributed by atoms with E-state index in [1.807, 2.05) is 18.2 Å². The molecule has 2 atom stereocenters. The smallest absolute Gasteiger partial charge is 0.252 e. The first kappa shape index (κ1) is 20.1. The van der Waals surface area contributed by atoms with Crippen molar-refractivity contribution in [2.75, 3.05) is 12.4 Å². The fraction of sp³-hybridized carbons (Fsp3) is 0.500. The summed E-state index contributed by atoms with van der Waals surface area (Å²) in [5.74, 6) is -1.60. The van der Waals surface area contributed by atoms with E-state index >= 15 is 0 Å². The lowest BCUT2D eigenvalue weighted by Crippen LogP contribution is -2.44. The highest BCUT2D eigenvalue weighted by Gasteiger charge is 2.45. The molecule has 0 amide bonds. The summed E-state index contributed by atoms with van der Waals surface area (Å²) in [6, 6.07) is 15.0. The van der Waals surface area contributed by atoms with Crippen LogP contribution in [0, 0.1) is 0 Å². The van der Waals surface area contributed by atoms with E-state index in [-0.39, 0.29) is 24.9 Å². The zero-order valence-corrected chi connectivity index (χ0v) is 17.2. The summed E-state index contributed by atoms with van der Waals surface area (Å²) >= 11 is 0. The summed E-state index contributed by atoms with van der Waals surface area (Å²) in [5.41, 5.74) is 4.73. The van der Waals surface area contributed by atoms with Crippen molar-refractivity contribution in [1.29, 1.82) is 0 Å². The maximum Gasteiger partial charge on any atom is 0.252 e. The van der Waals surface area contributed by atoms with Crippen LogP contribution < -0.4 is 15.4 Å². The number of methoxy groups -OCH3 is 1. The van der Waals surface area contributed by atoms with Crippen molar-refractivity contribution in [3.63, 3.8) is 0 Å². The van der Waals surface area contributed by atoms with E-state index in [1.54, 1.807) is 7.11 Å². The number of hydrogen-bond acceptors (Lipinski definition) is 3. The molecule has 5 heteroatoms. The van der Waals surface area contributed by atoms with Crippen LogP contribution in [0.25, 0.3) is 0 Å². The van der Waals surface area contributed by atoms with Gasteiger partial charge in [-0.1, -0.05) is 38.0 Å². The number of hydrogen-bond donors (Lipinski definition) is 2. The van der Waals surface area contributed by atoms with E-state index in [1.165, 1.54) is 29.5 Å². The summed E-state index contributed by atoms with van der Waals surface area (Å²) in [4.78, 5) is 0. The second-order valence-corrected chi connectivity index (χ2v) is 8.44. The number of halogens is 2. The molecule has 29 heavy (non-hydrogen) atoms. The van der Waals surface area contributed by atoms with Gasteiger partial charge in [0, 0.05) is 30.6 Å². The molecule has 4 rings (SSSR count). The molecule has 156 valence electrons. The second-order valence-electron chi connectivity index (χ2n) is 8.44. The van der Waals surface area contributed by atoms with Crippen LogP contribution in [-0.2, 0) is 6.42 Å². The van der Waals surface area contributed by atoms with Crippen molar-refractivity contribution < 1.29 is 13.5 Å². The SMILES string of the molecule is CCCC[C@H]1Cc2cc(OC)ccc2[C@H](c2ccc(NC3CC(F)(F)C3)cc2)N1. The molecule has 0 bridgehead atoms. The molecule has 0 spiro atoms. The third-order valence-electron chi connectivity index (χ3n) is 6.14. The first-order valence-electron chi connectivity index (χ1n) is 10.6. The van der Waals surface area contributed by atoms with Crippen molar-refractivity contribution in [1.82, 2.24) is 5.32 Å². The quantitative estimate of drug-likeness (QED) is 0.626. The number of rotatable bonds is 7. The average Bonchev–Trinajstić information content (AvgIpc) is 2.70. The highest BCUT2D eigenvalue weighted by molar-refractivity contribution is 5.50. The Morgan fingerprint density at radius 2 is 1.90 bits per heavy atom. The van der Waals surface area contributed by atoms with Gasteiger partial charge in [0.05, 0.1) is 13.2 Å². The standard InChI is InChI=1S/C24H30F2N2O/c1-3-4-5-19-12-17-13-21(29-2)10-11-22(17)23(28-19)16-6-8-18(9-7-16)27-20-14-24(25,26)15-20/h6-11,13,19-20,23,27-28H,3-5,12,14-15H2,1-2H3/t19-,23-/m0/s1. The number of fused-ring (bicyclic) bond motifs is 1. The predicted octanol–water partition coefficient (Wildman–Crippen LogP) is 5.70. The molecule has 0 unspecified atom stereocenters. The Morgan fingerprint density at radius 1 is 1.14 bits per heavy atom. The number of alkyl halides is 2. The van der Waals surface area contributed by atoms with Gasteiger partial charge in [0.15, 0.2) is 0 Å². The molecule has 2 aromatic carbocycles. The second kappa shape index (κ2) is 8.31. The predicted molar refractivity (Wildman–Crippen MR) is 113 cm³/mol. The van der Waals surface area contributed by atoms with Crippen molar-refractivity contribution in [2.24, 2.45) is 0 Å². The topological polar surface area (TPSA) is 33.3 Å². The molecule has 1 heterocycles. The Balaban J connectivity index is 1.53. The van der Waals surface area contributed by atoms with Crippen molar-refractivity contribution >= 4 is 5.69 Å². The highest BCUT2D eigenvalue weighted by Crippen LogP contribution is 2.39. The maximum absolute atomic E-state index is 13.1. The van der Waals surface area contributed by atoms with Gasteiger partial charge < -0.3 is 15.4 Å². The first-order chi connectivity index (χ1) is 14.0. The highest BCUT2D eigenvalue weighted by atomic mass is 19.3. The minimum Gasteiger partial charge on any atom is -0.497 e. The van der Waals surface area contributed by atoms with Crippen molar-refractivity contribution in [2.45, 2.75) is 69.5 Å². The van der Waals surface area contributed by atoms with Crippen LogP contribution in [0.2, 0.25) is 0 Å². The summed E-state index contributed by atoms with van der Waals surface area (Å²) in [6.07, 6.45) is 4.41. The molecule has 0 radical (unpaired) electrons. The summed E-state index contributed by atoms with van der Waals surface area (Å²) in [5, 5.41) is 7.05. The van der Waals surface area contributed by atoms with Gasteiger partial charge in [0.1, 0.15) is 5.75 Å². The Hall–Kier alpha value is -2.14. The normalized spacial score (nSPS) is 23.2. The van der Waals surface area contributed by atoms with E-state index in [0.29, 0.717) is 6.04 Å². The number of anilines is 1. The average molecular weight is 401 g/mol. The van der Waals surface area contributed by atoms with Gasteiger partial charge >= 0.3 is 0 Å². The first-order valence-corrected chi connectivity index (χ1v) is 10.6. The van der Waals surface area contributed by atoms with Gasteiger partial charge in [0.25, 0.3) is 5.92 Å². The van der Waals surface area contributed by atoms with E-state index in [4.69, 9.17) is 4.74 Å². The van der Waals surface area contributed by atoms with Crippen molar-refractivity contribution in [3.05, 3.63) is 59.2 Å². The van der Waals surface area contributed by atoms with E-state index in [0.717, 1.165) is 24.3 Å². The van der Waals surface area contributed by atoms with E-state index in [9.17, 15) is 8.78 Å². The largest absolute Gasteiger partial charge is 0.497 e. The number of ether oxygens (including phenoxy) is 1. The monoisotopic (exact) mass is 400 g/mol. The van der Waals surface area contributed by atoms with Gasteiger partial charge in [-0.25, -0.2) is 8.78 Å². The Kier molecular flexibility index (Phi) is 5.77. The molecule has 2 aromatic rings. The summed E-state index contributed by atoms with van der Waals surface area (Å²) < 4.78 is 31.6. The number of nitrogens with one attached hydrogen (secondary N) is 2. The minimum atomic E-state index is -2.50. The molecular weight excluding hydrogens is 370 g/mol.